The van der Waals surface area contributed by atoms with E-state index in [0.29, 0.717) is 0 Å². The van der Waals surface area contributed by atoms with Crippen molar-refractivity contribution in [1.29, 1.82) is 0 Å². The first-order valence-electron chi connectivity index (χ1n) is 12.0. The fourth-order valence-electron chi connectivity index (χ4n) is 3.70. The summed E-state index contributed by atoms with van der Waals surface area (Å²) >= 11 is 3.51. The quantitative estimate of drug-likeness (QED) is 0.121. The second-order valence-corrected chi connectivity index (χ2v) is 8.91. The molecular formula is C24H49Br. The van der Waals surface area contributed by atoms with Gasteiger partial charge in [-0.25, -0.2) is 0 Å². The van der Waals surface area contributed by atoms with E-state index in [9.17, 15) is 0 Å². The first kappa shape index (κ1) is 25.5. The lowest BCUT2D eigenvalue weighted by molar-refractivity contribution is 0.520. The highest BCUT2D eigenvalue weighted by Gasteiger charge is 1.95. The Morgan fingerprint density at radius 2 is 0.520 bits per heavy atom. The summed E-state index contributed by atoms with van der Waals surface area (Å²) in [6.07, 6.45) is 32.3. The van der Waals surface area contributed by atoms with E-state index in [0.717, 1.165) is 0 Å². The summed E-state index contributed by atoms with van der Waals surface area (Å²) in [6.45, 7) is 2.30. The van der Waals surface area contributed by atoms with Gasteiger partial charge in [0.2, 0.25) is 0 Å². The van der Waals surface area contributed by atoms with Crippen molar-refractivity contribution in [1.82, 2.24) is 0 Å². The number of unbranched alkanes of at least 4 members (excludes halogenated alkanes) is 21. The Labute approximate surface area is 169 Å². The molecule has 0 aromatic carbocycles. The Balaban J connectivity index is 2.94. The molecule has 0 aliphatic rings. The molecule has 0 saturated heterocycles. The molecule has 0 saturated carbocycles. The zero-order chi connectivity index (χ0) is 18.3. The summed E-state index contributed by atoms with van der Waals surface area (Å²) in [7, 11) is 0. The van der Waals surface area contributed by atoms with Crippen LogP contribution in [0.4, 0.5) is 0 Å². The molecule has 0 fully saturated rings. The van der Waals surface area contributed by atoms with Crippen LogP contribution in [0.5, 0.6) is 0 Å². The van der Waals surface area contributed by atoms with Crippen LogP contribution in [-0.4, -0.2) is 5.33 Å². The summed E-state index contributed by atoms with van der Waals surface area (Å²) in [5.74, 6) is 0. The number of hydrogen-bond acceptors (Lipinski definition) is 0. The molecule has 0 aliphatic carbocycles. The maximum absolute atomic E-state index is 3.51. The third-order valence-corrected chi connectivity index (χ3v) is 6.05. The fraction of sp³-hybridized carbons (Fsp3) is 1.00. The molecule has 0 amide bonds. The molecule has 0 nitrogen and oxygen atoms in total. The Hall–Kier alpha value is 0.480. The highest BCUT2D eigenvalue weighted by Crippen LogP contribution is 2.15. The van der Waals surface area contributed by atoms with Gasteiger partial charge in [0.1, 0.15) is 0 Å². The van der Waals surface area contributed by atoms with Gasteiger partial charge in [-0.1, -0.05) is 158 Å². The second-order valence-electron chi connectivity index (χ2n) is 8.11. The van der Waals surface area contributed by atoms with E-state index in [1.807, 2.05) is 0 Å². The molecule has 0 aromatic heterocycles. The Morgan fingerprint density at radius 3 is 0.720 bits per heavy atom. The predicted octanol–water partition coefficient (Wildman–Crippen LogP) is 9.98. The number of rotatable bonds is 22. The molecule has 0 aromatic rings. The van der Waals surface area contributed by atoms with Crippen LogP contribution in [-0.2, 0) is 0 Å². The highest BCUT2D eigenvalue weighted by molar-refractivity contribution is 9.09. The summed E-state index contributed by atoms with van der Waals surface area (Å²) < 4.78 is 0. The standard InChI is InChI=1S/C24H49Br/c1-2-3-4-5-6-7-8-9-10-11-12-13-14-15-16-17-18-19-20-21-22-23-24-25/h2-24H2,1H3. The van der Waals surface area contributed by atoms with Crippen molar-refractivity contribution in [3.05, 3.63) is 0 Å². The number of halogens is 1. The van der Waals surface area contributed by atoms with Crippen LogP contribution in [0.15, 0.2) is 0 Å². The van der Waals surface area contributed by atoms with Crippen LogP contribution in [0.1, 0.15) is 148 Å². The minimum atomic E-state index is 1.19. The van der Waals surface area contributed by atoms with E-state index >= 15 is 0 Å². The molecule has 1 heteroatoms. The van der Waals surface area contributed by atoms with Gasteiger partial charge in [-0.05, 0) is 6.42 Å². The molecule has 0 spiro atoms. The lowest BCUT2D eigenvalue weighted by Crippen LogP contribution is -1.84. The van der Waals surface area contributed by atoms with Crippen LogP contribution in [0.3, 0.4) is 0 Å². The zero-order valence-electron chi connectivity index (χ0n) is 17.6. The smallest absolute Gasteiger partial charge is 0.00313 e. The third-order valence-electron chi connectivity index (χ3n) is 5.49. The largest absolute Gasteiger partial charge is 0.0928 e. The predicted molar refractivity (Wildman–Crippen MR) is 121 cm³/mol. The van der Waals surface area contributed by atoms with E-state index in [2.05, 4.69) is 22.9 Å². The summed E-state index contributed by atoms with van der Waals surface area (Å²) in [6, 6.07) is 0. The maximum atomic E-state index is 3.51. The van der Waals surface area contributed by atoms with Crippen LogP contribution < -0.4 is 0 Å². The molecule has 0 aliphatic heterocycles. The minimum absolute atomic E-state index is 1.19. The molecule has 0 N–H and O–H groups in total. The van der Waals surface area contributed by atoms with Crippen molar-refractivity contribution in [2.24, 2.45) is 0 Å². The van der Waals surface area contributed by atoms with Crippen LogP contribution >= 0.6 is 15.9 Å². The fourth-order valence-corrected chi connectivity index (χ4v) is 4.10. The van der Waals surface area contributed by atoms with Crippen LogP contribution in [0.25, 0.3) is 0 Å². The average Bonchev–Trinajstić information content (AvgIpc) is 2.63. The molecule has 152 valence electrons. The van der Waals surface area contributed by atoms with Crippen LogP contribution in [0.2, 0.25) is 0 Å². The van der Waals surface area contributed by atoms with Gasteiger partial charge in [0.15, 0.2) is 0 Å². The second kappa shape index (κ2) is 24.5. The SMILES string of the molecule is CCCCCCCCCCCCCCCCCCCCCCCCBr. The Bertz CT molecular complexity index is 192. The van der Waals surface area contributed by atoms with Gasteiger partial charge < -0.3 is 0 Å². The lowest BCUT2D eigenvalue weighted by atomic mass is 10.0. The maximum Gasteiger partial charge on any atom is 0.00313 e. The minimum Gasteiger partial charge on any atom is -0.0928 e. The molecule has 0 heterocycles. The summed E-state index contributed by atoms with van der Waals surface area (Å²) in [5.41, 5.74) is 0. The molecule has 0 unspecified atom stereocenters. The van der Waals surface area contributed by atoms with E-state index in [4.69, 9.17) is 0 Å². The Kier molecular flexibility index (Phi) is 25.0. The average molecular weight is 418 g/mol. The summed E-state index contributed by atoms with van der Waals surface area (Å²) in [5, 5.41) is 1.19. The highest BCUT2D eigenvalue weighted by atomic mass is 79.9. The van der Waals surface area contributed by atoms with Gasteiger partial charge in [-0.2, -0.15) is 0 Å². The van der Waals surface area contributed by atoms with Crippen LogP contribution in [0, 0.1) is 0 Å². The summed E-state index contributed by atoms with van der Waals surface area (Å²) in [4.78, 5) is 0. The van der Waals surface area contributed by atoms with Gasteiger partial charge in [0.05, 0.1) is 0 Å². The third kappa shape index (κ3) is 24.5. The van der Waals surface area contributed by atoms with Crippen molar-refractivity contribution in [3.8, 4) is 0 Å². The topological polar surface area (TPSA) is 0 Å². The van der Waals surface area contributed by atoms with Gasteiger partial charge in [-0.3, -0.25) is 0 Å². The Morgan fingerprint density at radius 1 is 0.320 bits per heavy atom. The van der Waals surface area contributed by atoms with Gasteiger partial charge >= 0.3 is 0 Å². The normalized spacial score (nSPS) is 11.3. The molecule has 0 bridgehead atoms. The number of alkyl halides is 1. The van der Waals surface area contributed by atoms with Crippen molar-refractivity contribution in [2.75, 3.05) is 5.33 Å². The van der Waals surface area contributed by atoms with Crippen molar-refractivity contribution >= 4 is 15.9 Å². The van der Waals surface area contributed by atoms with E-state index in [-0.39, 0.29) is 0 Å². The van der Waals surface area contributed by atoms with Crippen molar-refractivity contribution in [3.63, 3.8) is 0 Å². The molecule has 0 atom stereocenters. The number of hydrogen-bond donors (Lipinski definition) is 0. The van der Waals surface area contributed by atoms with Gasteiger partial charge in [0.25, 0.3) is 0 Å². The van der Waals surface area contributed by atoms with Gasteiger partial charge in [0, 0.05) is 5.33 Å². The van der Waals surface area contributed by atoms with E-state index in [1.165, 1.54) is 147 Å². The van der Waals surface area contributed by atoms with E-state index in [1.54, 1.807) is 0 Å². The molecule has 0 rings (SSSR count). The van der Waals surface area contributed by atoms with Gasteiger partial charge in [-0.15, -0.1) is 0 Å². The van der Waals surface area contributed by atoms with Crippen molar-refractivity contribution in [2.45, 2.75) is 148 Å². The van der Waals surface area contributed by atoms with E-state index < -0.39 is 0 Å². The first-order valence-corrected chi connectivity index (χ1v) is 13.1. The zero-order valence-corrected chi connectivity index (χ0v) is 19.2. The first-order chi connectivity index (χ1) is 12.4. The van der Waals surface area contributed by atoms with Crippen molar-refractivity contribution < 1.29 is 0 Å². The molecule has 25 heavy (non-hydrogen) atoms. The monoisotopic (exact) mass is 416 g/mol. The molecular weight excluding hydrogens is 368 g/mol. The molecule has 0 radical (unpaired) electrons. The lowest BCUT2D eigenvalue weighted by Gasteiger charge is -2.04.